The first-order valence-corrected chi connectivity index (χ1v) is 3.85. The van der Waals surface area contributed by atoms with Crippen LogP contribution in [-0.4, -0.2) is 51.9 Å². The molecule has 0 aliphatic rings. The van der Waals surface area contributed by atoms with Crippen LogP contribution in [0.4, 0.5) is 0 Å². The summed E-state index contributed by atoms with van der Waals surface area (Å²) in [4.78, 5) is 21.7. The minimum absolute atomic E-state index is 0.126. The Morgan fingerprint density at radius 2 is 1.60 bits per heavy atom. The van der Waals surface area contributed by atoms with Crippen molar-refractivity contribution in [2.75, 3.05) is 19.6 Å². The highest BCUT2D eigenvalue weighted by Gasteiger charge is 2.12. The highest BCUT2D eigenvalue weighted by molar-refractivity contribution is 5.72. The summed E-state index contributed by atoms with van der Waals surface area (Å²) in [5, 5.41) is 31.5. The fourth-order valence-electron chi connectivity index (χ4n) is 0.805. The minimum Gasteiger partial charge on any atom is -0.480 e. The lowest BCUT2D eigenvalue weighted by molar-refractivity contribution is -0.141. The Morgan fingerprint density at radius 1 is 1.20 bits per heavy atom. The van der Waals surface area contributed by atoms with Crippen LogP contribution in [0.1, 0.15) is 6.42 Å². The molecule has 0 bridgehead atoms. The monoisotopic (exact) mass is 219 g/mol. The third kappa shape index (κ3) is 12.3. The van der Waals surface area contributed by atoms with E-state index in [0.29, 0.717) is 0 Å². The van der Waals surface area contributed by atoms with E-state index in [1.165, 1.54) is 4.90 Å². The van der Waals surface area contributed by atoms with Crippen molar-refractivity contribution in [1.82, 2.24) is 4.90 Å². The Labute approximate surface area is 86.1 Å². The second-order valence-electron chi connectivity index (χ2n) is 2.41. The van der Waals surface area contributed by atoms with Crippen molar-refractivity contribution in [2.45, 2.75) is 6.42 Å². The van der Waals surface area contributed by atoms with Gasteiger partial charge in [0.2, 0.25) is 0 Å². The summed E-state index contributed by atoms with van der Waals surface area (Å²) in [6.45, 7) is -0.545. The lowest BCUT2D eigenvalue weighted by Crippen LogP contribution is -2.35. The average molecular weight is 219 g/mol. The number of nitriles is 1. The first-order valence-electron chi connectivity index (χ1n) is 3.85. The van der Waals surface area contributed by atoms with Gasteiger partial charge in [-0.1, -0.05) is 0 Å². The van der Waals surface area contributed by atoms with E-state index in [-0.39, 0.29) is 26.1 Å². The van der Waals surface area contributed by atoms with Crippen LogP contribution in [0.25, 0.3) is 0 Å². The number of carboxylic acids is 2. The zero-order chi connectivity index (χ0) is 12.3. The van der Waals surface area contributed by atoms with E-state index in [4.69, 9.17) is 20.7 Å². The Morgan fingerprint density at radius 3 is 1.87 bits per heavy atom. The van der Waals surface area contributed by atoms with Crippen LogP contribution in [0.3, 0.4) is 0 Å². The molecule has 0 saturated carbocycles. The van der Waals surface area contributed by atoms with Gasteiger partial charge in [0, 0.05) is 13.0 Å². The molecule has 0 aromatic carbocycles. The van der Waals surface area contributed by atoms with Gasteiger partial charge in [-0.05, 0) is 0 Å². The molecule has 0 aliphatic carbocycles. The van der Waals surface area contributed by atoms with Crippen LogP contribution >= 0.6 is 0 Å². The van der Waals surface area contributed by atoms with Crippen LogP contribution in [0, 0.1) is 11.3 Å². The Kier molecular flexibility index (Phi) is 10.9. The van der Waals surface area contributed by atoms with Gasteiger partial charge >= 0.3 is 11.9 Å². The number of hydrogen-bond acceptors (Lipinski definition) is 6. The molecule has 0 heterocycles. The van der Waals surface area contributed by atoms with Crippen molar-refractivity contribution < 1.29 is 25.0 Å². The summed E-state index contributed by atoms with van der Waals surface area (Å²) in [5.74, 6) is 1.30. The lowest BCUT2D eigenvalue weighted by Gasteiger charge is -2.15. The summed E-state index contributed by atoms with van der Waals surface area (Å²) >= 11 is 0. The molecule has 0 amide bonds. The van der Waals surface area contributed by atoms with Gasteiger partial charge in [-0.2, -0.15) is 5.26 Å². The van der Waals surface area contributed by atoms with Gasteiger partial charge < -0.3 is 15.4 Å². The number of carbonyl (C=O) groups is 2. The van der Waals surface area contributed by atoms with Crippen molar-refractivity contribution in [1.29, 1.82) is 5.26 Å². The number of aliphatic carboxylic acids is 2. The maximum atomic E-state index is 10.2. The van der Waals surface area contributed by atoms with Crippen molar-refractivity contribution >= 4 is 11.9 Å². The number of rotatable bonds is 6. The number of carboxylic acid groups (broad SMARTS) is 2. The SMILES string of the molecule is N#CCCN(CC(=O)O)CC(=O)O.NO. The fourth-order valence-corrected chi connectivity index (χ4v) is 0.805. The van der Waals surface area contributed by atoms with Crippen LogP contribution in [0.5, 0.6) is 0 Å². The van der Waals surface area contributed by atoms with Crippen molar-refractivity contribution in [3.8, 4) is 6.07 Å². The highest BCUT2D eigenvalue weighted by Crippen LogP contribution is 1.90. The Bertz CT molecular complexity index is 221. The molecule has 0 fully saturated rings. The number of nitrogens with two attached hydrogens (primary N) is 1. The summed E-state index contributed by atoms with van der Waals surface area (Å²) < 4.78 is 0. The van der Waals surface area contributed by atoms with Crippen molar-refractivity contribution in [3.05, 3.63) is 0 Å². The van der Waals surface area contributed by atoms with E-state index in [0.717, 1.165) is 0 Å². The van der Waals surface area contributed by atoms with Crippen molar-refractivity contribution in [2.24, 2.45) is 5.90 Å². The molecule has 0 radical (unpaired) electrons. The average Bonchev–Trinajstić information content (AvgIpc) is 2.15. The van der Waals surface area contributed by atoms with E-state index in [2.05, 4.69) is 5.90 Å². The number of hydrogen-bond donors (Lipinski definition) is 4. The highest BCUT2D eigenvalue weighted by atomic mass is 16.4. The van der Waals surface area contributed by atoms with E-state index in [9.17, 15) is 9.59 Å². The molecule has 0 saturated heterocycles. The predicted molar refractivity (Wildman–Crippen MR) is 47.9 cm³/mol. The van der Waals surface area contributed by atoms with Gasteiger partial charge in [-0.3, -0.25) is 14.5 Å². The molecule has 0 aliphatic heterocycles. The third-order valence-electron chi connectivity index (χ3n) is 1.26. The van der Waals surface area contributed by atoms with Gasteiger partial charge in [-0.25, -0.2) is 5.90 Å². The van der Waals surface area contributed by atoms with E-state index >= 15 is 0 Å². The zero-order valence-electron chi connectivity index (χ0n) is 7.96. The second kappa shape index (κ2) is 10.4. The van der Waals surface area contributed by atoms with E-state index in [1.807, 2.05) is 6.07 Å². The minimum atomic E-state index is -1.10. The fraction of sp³-hybridized carbons (Fsp3) is 0.571. The van der Waals surface area contributed by atoms with Crippen LogP contribution < -0.4 is 5.90 Å². The molecule has 0 aromatic heterocycles. The normalized spacial score (nSPS) is 8.67. The molecule has 5 N–H and O–H groups in total. The molecule has 0 unspecified atom stereocenters. The van der Waals surface area contributed by atoms with Crippen molar-refractivity contribution in [3.63, 3.8) is 0 Å². The molecule has 0 aromatic rings. The quantitative estimate of drug-likeness (QED) is 0.403. The molecule has 8 nitrogen and oxygen atoms in total. The van der Waals surface area contributed by atoms with Crippen LogP contribution in [0.15, 0.2) is 0 Å². The molecule has 0 rings (SSSR count). The maximum Gasteiger partial charge on any atom is 0.317 e. The summed E-state index contributed by atoms with van der Waals surface area (Å²) in [6.07, 6.45) is 0.126. The second-order valence-corrected chi connectivity index (χ2v) is 2.41. The summed E-state index contributed by atoms with van der Waals surface area (Å²) in [6, 6.07) is 1.82. The summed E-state index contributed by atoms with van der Waals surface area (Å²) in [7, 11) is 0. The Hall–Kier alpha value is -1.69. The molecular formula is C7H13N3O5. The molecular weight excluding hydrogens is 206 g/mol. The lowest BCUT2D eigenvalue weighted by atomic mass is 10.4. The first-order chi connectivity index (χ1) is 7.06. The Balaban J connectivity index is 0. The van der Waals surface area contributed by atoms with Gasteiger partial charge in [0.05, 0.1) is 19.2 Å². The topological polar surface area (TPSA) is 148 Å². The number of nitrogens with zero attached hydrogens (tertiary/aromatic N) is 2. The van der Waals surface area contributed by atoms with Crippen LogP contribution in [0.2, 0.25) is 0 Å². The maximum absolute atomic E-state index is 10.2. The first kappa shape index (κ1) is 15.8. The predicted octanol–water partition coefficient (Wildman–Crippen LogP) is -1.29. The standard InChI is InChI=1S/C7H10N2O4.H3NO/c8-2-1-3-9(4-6(10)11)5-7(12)13;1-2/h1,3-5H2,(H,10,11)(H,12,13);2H,1H2. The molecule has 15 heavy (non-hydrogen) atoms. The largest absolute Gasteiger partial charge is 0.480 e. The molecule has 0 spiro atoms. The van der Waals surface area contributed by atoms with Gasteiger partial charge in [0.1, 0.15) is 0 Å². The third-order valence-corrected chi connectivity index (χ3v) is 1.26. The molecule has 8 heteroatoms. The van der Waals surface area contributed by atoms with Crippen LogP contribution in [-0.2, 0) is 9.59 Å². The summed E-state index contributed by atoms with van der Waals surface area (Å²) in [5.41, 5.74) is 0. The zero-order valence-corrected chi connectivity index (χ0v) is 7.96. The van der Waals surface area contributed by atoms with Gasteiger partial charge in [0.25, 0.3) is 0 Å². The molecule has 0 atom stereocenters. The van der Waals surface area contributed by atoms with Gasteiger partial charge in [0.15, 0.2) is 0 Å². The smallest absolute Gasteiger partial charge is 0.317 e. The molecule has 86 valence electrons. The van der Waals surface area contributed by atoms with E-state index < -0.39 is 11.9 Å². The van der Waals surface area contributed by atoms with Gasteiger partial charge in [-0.15, -0.1) is 0 Å². The van der Waals surface area contributed by atoms with E-state index in [1.54, 1.807) is 0 Å².